The van der Waals surface area contributed by atoms with Crippen molar-refractivity contribution in [3.05, 3.63) is 67.2 Å². The molecule has 0 aliphatic heterocycles. The van der Waals surface area contributed by atoms with Crippen molar-refractivity contribution in [3.8, 4) is 0 Å². The van der Waals surface area contributed by atoms with Crippen molar-refractivity contribution in [1.82, 2.24) is 9.55 Å². The van der Waals surface area contributed by atoms with Crippen molar-refractivity contribution in [2.24, 2.45) is 0 Å². The number of benzene rings is 1. The summed E-state index contributed by atoms with van der Waals surface area (Å²) in [5, 5.41) is 0. The summed E-state index contributed by atoms with van der Waals surface area (Å²) in [6.45, 7) is 0.0212. The average molecular weight is 299 g/mol. The summed E-state index contributed by atoms with van der Waals surface area (Å²) >= 11 is 3.24. The van der Waals surface area contributed by atoms with Gasteiger partial charge in [0.15, 0.2) is 0 Å². The van der Waals surface area contributed by atoms with Crippen LogP contribution < -0.4 is 11.2 Å². The third-order valence-electron chi connectivity index (χ3n) is 2.28. The summed E-state index contributed by atoms with van der Waals surface area (Å²) in [6.07, 6.45) is 1.28. The number of H-pyrrole nitrogens is 1. The smallest absolute Gasteiger partial charge is 0.314 e. The number of aromatic nitrogens is 2. The van der Waals surface area contributed by atoms with Crippen LogP contribution in [0.15, 0.2) is 44.5 Å². The lowest BCUT2D eigenvalue weighted by Crippen LogP contribution is -2.34. The number of aromatic amines is 1. The minimum atomic E-state index is -0.520. The Balaban J connectivity index is 2.48. The maximum Gasteiger partial charge on any atom is 0.328 e. The van der Waals surface area contributed by atoms with E-state index in [1.165, 1.54) is 30.5 Å². The van der Waals surface area contributed by atoms with Gasteiger partial charge >= 0.3 is 5.69 Å². The zero-order chi connectivity index (χ0) is 12.4. The largest absolute Gasteiger partial charge is 0.328 e. The zero-order valence-electron chi connectivity index (χ0n) is 8.61. The first kappa shape index (κ1) is 11.8. The Kier molecular flexibility index (Phi) is 3.23. The van der Waals surface area contributed by atoms with E-state index in [-0.39, 0.29) is 6.54 Å². The maximum atomic E-state index is 13.1. The summed E-state index contributed by atoms with van der Waals surface area (Å²) in [5.74, 6) is -0.413. The number of halogens is 2. The Morgan fingerprint density at radius 1 is 1.29 bits per heavy atom. The fourth-order valence-corrected chi connectivity index (χ4v) is 1.81. The van der Waals surface area contributed by atoms with E-state index in [1.807, 2.05) is 0 Å². The number of hydrogen-bond donors (Lipinski definition) is 1. The van der Waals surface area contributed by atoms with Gasteiger partial charge in [0.25, 0.3) is 5.56 Å². The van der Waals surface area contributed by atoms with Crippen molar-refractivity contribution in [3.63, 3.8) is 0 Å². The molecule has 4 nitrogen and oxygen atoms in total. The van der Waals surface area contributed by atoms with Gasteiger partial charge in [-0.3, -0.25) is 9.36 Å². The fourth-order valence-electron chi connectivity index (χ4n) is 1.44. The topological polar surface area (TPSA) is 54.9 Å². The molecule has 2 rings (SSSR count). The highest BCUT2D eigenvalue weighted by molar-refractivity contribution is 9.10. The van der Waals surface area contributed by atoms with Crippen LogP contribution in [0.2, 0.25) is 0 Å². The van der Waals surface area contributed by atoms with Gasteiger partial charge in [0.2, 0.25) is 0 Å². The minimum Gasteiger partial charge on any atom is -0.314 e. The Labute approximate surface area is 104 Å². The van der Waals surface area contributed by atoms with E-state index in [2.05, 4.69) is 20.9 Å². The summed E-state index contributed by atoms with van der Waals surface area (Å²) in [4.78, 5) is 25.3. The van der Waals surface area contributed by atoms with Crippen LogP contribution in [-0.2, 0) is 6.54 Å². The van der Waals surface area contributed by atoms with E-state index in [9.17, 15) is 14.0 Å². The van der Waals surface area contributed by atoms with Gasteiger partial charge in [-0.2, -0.15) is 0 Å². The van der Waals surface area contributed by atoms with Crippen LogP contribution in [0, 0.1) is 5.82 Å². The molecule has 1 aromatic carbocycles. The highest BCUT2D eigenvalue weighted by Crippen LogP contribution is 2.17. The molecular formula is C11H8BrFN2O2. The van der Waals surface area contributed by atoms with E-state index >= 15 is 0 Å². The molecule has 0 saturated heterocycles. The predicted octanol–water partition coefficient (Wildman–Crippen LogP) is 1.49. The lowest BCUT2D eigenvalue weighted by atomic mass is 10.2. The summed E-state index contributed by atoms with van der Waals surface area (Å²) in [7, 11) is 0. The average Bonchev–Trinajstić information content (AvgIpc) is 2.28. The normalized spacial score (nSPS) is 10.5. The molecule has 0 atom stereocenters. The Bertz CT molecular complexity index is 635. The van der Waals surface area contributed by atoms with Gasteiger partial charge in [-0.25, -0.2) is 9.18 Å². The van der Waals surface area contributed by atoms with Gasteiger partial charge in [-0.05, 0) is 23.8 Å². The number of rotatable bonds is 2. The Hall–Kier alpha value is -1.69. The molecule has 1 heterocycles. The van der Waals surface area contributed by atoms with Gasteiger partial charge < -0.3 is 4.98 Å². The summed E-state index contributed by atoms with van der Waals surface area (Å²) < 4.78 is 14.7. The van der Waals surface area contributed by atoms with Crippen LogP contribution in [0.5, 0.6) is 0 Å². The number of nitrogens with zero attached hydrogens (tertiary/aromatic N) is 1. The van der Waals surface area contributed by atoms with Crippen LogP contribution in [0.3, 0.4) is 0 Å². The van der Waals surface area contributed by atoms with Crippen LogP contribution in [0.25, 0.3) is 0 Å². The third kappa shape index (κ3) is 2.52. The van der Waals surface area contributed by atoms with E-state index in [4.69, 9.17) is 0 Å². The van der Waals surface area contributed by atoms with Gasteiger partial charge in [0.1, 0.15) is 5.82 Å². The molecule has 0 aliphatic carbocycles. The summed E-state index contributed by atoms with van der Waals surface area (Å²) in [6, 6.07) is 5.36. The van der Waals surface area contributed by atoms with Crippen LogP contribution in [0.1, 0.15) is 5.56 Å². The molecule has 0 saturated carbocycles. The molecule has 6 heteroatoms. The number of hydrogen-bond acceptors (Lipinski definition) is 2. The summed E-state index contributed by atoms with van der Waals surface area (Å²) in [5.41, 5.74) is -0.414. The first-order valence-corrected chi connectivity index (χ1v) is 5.59. The molecule has 0 amide bonds. The van der Waals surface area contributed by atoms with Crippen molar-refractivity contribution >= 4 is 15.9 Å². The quantitative estimate of drug-likeness (QED) is 0.913. The second kappa shape index (κ2) is 4.67. The third-order valence-corrected chi connectivity index (χ3v) is 3.05. The second-order valence-corrected chi connectivity index (χ2v) is 4.30. The monoisotopic (exact) mass is 298 g/mol. The van der Waals surface area contributed by atoms with Gasteiger partial charge in [0, 0.05) is 16.7 Å². The SMILES string of the molecule is O=c1cc[nH]c(=O)n1Cc1cc(F)ccc1Br. The molecule has 1 aromatic heterocycles. The first-order valence-electron chi connectivity index (χ1n) is 4.80. The Morgan fingerprint density at radius 3 is 2.76 bits per heavy atom. The van der Waals surface area contributed by atoms with E-state index in [1.54, 1.807) is 0 Å². The van der Waals surface area contributed by atoms with Gasteiger partial charge in [-0.1, -0.05) is 15.9 Å². The maximum absolute atomic E-state index is 13.1. The molecule has 0 fully saturated rings. The molecule has 0 unspecified atom stereocenters. The molecule has 1 N–H and O–H groups in total. The molecule has 17 heavy (non-hydrogen) atoms. The standard InChI is InChI=1S/C11H8BrFN2O2/c12-9-2-1-8(13)5-7(9)6-15-10(16)3-4-14-11(15)17/h1-5H,6H2,(H,14,17). The molecule has 0 radical (unpaired) electrons. The van der Waals surface area contributed by atoms with E-state index in [0.717, 1.165) is 4.57 Å². The lowest BCUT2D eigenvalue weighted by molar-refractivity contribution is 0.619. The molecule has 0 bridgehead atoms. The van der Waals surface area contributed by atoms with Crippen molar-refractivity contribution in [2.45, 2.75) is 6.54 Å². The van der Waals surface area contributed by atoms with E-state index < -0.39 is 17.1 Å². The minimum absolute atomic E-state index is 0.0212. The number of nitrogens with one attached hydrogen (secondary N) is 1. The van der Waals surface area contributed by atoms with Crippen molar-refractivity contribution in [1.29, 1.82) is 0 Å². The second-order valence-electron chi connectivity index (χ2n) is 3.44. The molecule has 0 aliphatic rings. The van der Waals surface area contributed by atoms with Gasteiger partial charge in [-0.15, -0.1) is 0 Å². The Morgan fingerprint density at radius 2 is 2.06 bits per heavy atom. The molecular weight excluding hydrogens is 291 g/mol. The van der Waals surface area contributed by atoms with Crippen LogP contribution in [0.4, 0.5) is 4.39 Å². The highest BCUT2D eigenvalue weighted by atomic mass is 79.9. The highest BCUT2D eigenvalue weighted by Gasteiger charge is 2.06. The lowest BCUT2D eigenvalue weighted by Gasteiger charge is -2.06. The fraction of sp³-hybridized carbons (Fsp3) is 0.0909. The molecule has 2 aromatic rings. The zero-order valence-corrected chi connectivity index (χ0v) is 10.2. The van der Waals surface area contributed by atoms with Crippen molar-refractivity contribution < 1.29 is 4.39 Å². The first-order chi connectivity index (χ1) is 8.08. The predicted molar refractivity (Wildman–Crippen MR) is 64.5 cm³/mol. The van der Waals surface area contributed by atoms with E-state index in [0.29, 0.717) is 10.0 Å². The van der Waals surface area contributed by atoms with Crippen LogP contribution in [-0.4, -0.2) is 9.55 Å². The molecule has 0 spiro atoms. The molecule has 88 valence electrons. The van der Waals surface area contributed by atoms with Crippen LogP contribution >= 0.6 is 15.9 Å². The van der Waals surface area contributed by atoms with Crippen molar-refractivity contribution in [2.75, 3.05) is 0 Å². The van der Waals surface area contributed by atoms with Gasteiger partial charge in [0.05, 0.1) is 6.54 Å².